The Hall–Kier alpha value is -1.42. The van der Waals surface area contributed by atoms with Crippen molar-refractivity contribution in [3.05, 3.63) is 34.9 Å². The molecule has 2 rings (SSSR count). The number of amides is 1. The molecule has 0 bridgehead atoms. The first-order valence-electron chi connectivity index (χ1n) is 4.49. The molecule has 0 saturated heterocycles. The zero-order valence-corrected chi connectivity index (χ0v) is 9.71. The Bertz CT molecular complexity index is 525. The minimum absolute atomic E-state index is 0.103. The summed E-state index contributed by atoms with van der Waals surface area (Å²) in [7, 11) is 0. The second-order valence-corrected chi connectivity index (χ2v) is 4.03. The van der Waals surface area contributed by atoms with Gasteiger partial charge in [0.2, 0.25) is 5.91 Å². The number of aromatic nitrogens is 1. The molecule has 0 fully saturated rings. The summed E-state index contributed by atoms with van der Waals surface area (Å²) in [5.74, 6) is -0.103. The van der Waals surface area contributed by atoms with Gasteiger partial charge in [0.15, 0.2) is 0 Å². The van der Waals surface area contributed by atoms with Crippen molar-refractivity contribution in [2.75, 3.05) is 5.32 Å². The Morgan fingerprint density at radius 3 is 2.93 bits per heavy atom. The van der Waals surface area contributed by atoms with Crippen LogP contribution in [0.5, 0.6) is 0 Å². The lowest BCUT2D eigenvalue weighted by molar-refractivity contribution is -0.114. The van der Waals surface area contributed by atoms with Crippen LogP contribution >= 0.6 is 15.9 Å². The zero-order valence-electron chi connectivity index (χ0n) is 8.12. The molecule has 4 heteroatoms. The highest BCUT2D eigenvalue weighted by Crippen LogP contribution is 2.29. The molecule has 0 saturated carbocycles. The van der Waals surface area contributed by atoms with E-state index in [-0.39, 0.29) is 5.91 Å². The lowest BCUT2D eigenvalue weighted by atomic mass is 10.2. The molecular formula is C11H9BrN2O. The number of anilines is 1. The lowest BCUT2D eigenvalue weighted by Crippen LogP contribution is -2.07. The monoisotopic (exact) mass is 264 g/mol. The number of nitrogens with one attached hydrogen (secondary N) is 1. The highest BCUT2D eigenvalue weighted by molar-refractivity contribution is 9.10. The van der Waals surface area contributed by atoms with Crippen LogP contribution in [0.15, 0.2) is 34.9 Å². The number of carbonyl (C=O) groups excluding carboxylic acids is 1. The summed E-state index contributed by atoms with van der Waals surface area (Å²) in [4.78, 5) is 15.3. The average molecular weight is 265 g/mol. The number of pyridine rings is 1. The van der Waals surface area contributed by atoms with E-state index in [0.717, 1.165) is 21.1 Å². The summed E-state index contributed by atoms with van der Waals surface area (Å²) in [6, 6.07) is 7.68. The van der Waals surface area contributed by atoms with Crippen LogP contribution < -0.4 is 5.32 Å². The maximum absolute atomic E-state index is 11.0. The molecule has 1 amide bonds. The third-order valence-corrected chi connectivity index (χ3v) is 2.69. The third kappa shape index (κ3) is 1.99. The van der Waals surface area contributed by atoms with Crippen LogP contribution in [0.3, 0.4) is 0 Å². The van der Waals surface area contributed by atoms with Gasteiger partial charge >= 0.3 is 0 Å². The minimum Gasteiger partial charge on any atom is -0.324 e. The summed E-state index contributed by atoms with van der Waals surface area (Å²) in [5.41, 5.74) is 1.52. The SMILES string of the molecule is CC(=O)Nc1c(Br)ccc2cccnc12. The number of fused-ring (bicyclic) bond motifs is 1. The molecule has 0 atom stereocenters. The van der Waals surface area contributed by atoms with Crippen LogP contribution in [0.25, 0.3) is 10.9 Å². The van der Waals surface area contributed by atoms with E-state index in [1.807, 2.05) is 24.3 Å². The molecule has 0 radical (unpaired) electrons. The van der Waals surface area contributed by atoms with Gasteiger partial charge in [-0.1, -0.05) is 12.1 Å². The summed E-state index contributed by atoms with van der Waals surface area (Å²) < 4.78 is 0.837. The molecule has 2 aromatic rings. The Morgan fingerprint density at radius 1 is 1.40 bits per heavy atom. The van der Waals surface area contributed by atoms with Crippen molar-refractivity contribution < 1.29 is 4.79 Å². The fraction of sp³-hybridized carbons (Fsp3) is 0.0909. The van der Waals surface area contributed by atoms with Crippen molar-refractivity contribution in [2.45, 2.75) is 6.92 Å². The van der Waals surface area contributed by atoms with Crippen LogP contribution in [0.4, 0.5) is 5.69 Å². The van der Waals surface area contributed by atoms with E-state index in [4.69, 9.17) is 0 Å². The van der Waals surface area contributed by atoms with Crippen LogP contribution in [0, 0.1) is 0 Å². The van der Waals surface area contributed by atoms with E-state index in [1.54, 1.807) is 6.20 Å². The largest absolute Gasteiger partial charge is 0.324 e. The second kappa shape index (κ2) is 3.98. The lowest BCUT2D eigenvalue weighted by Gasteiger charge is -2.08. The van der Waals surface area contributed by atoms with Gasteiger partial charge in [-0.25, -0.2) is 0 Å². The van der Waals surface area contributed by atoms with Gasteiger partial charge in [-0.05, 0) is 28.1 Å². The van der Waals surface area contributed by atoms with Crippen LogP contribution in [-0.2, 0) is 4.79 Å². The normalized spacial score (nSPS) is 10.3. The number of hydrogen-bond acceptors (Lipinski definition) is 2. The molecule has 0 aliphatic heterocycles. The highest BCUT2D eigenvalue weighted by atomic mass is 79.9. The molecule has 1 heterocycles. The number of carbonyl (C=O) groups is 1. The molecular weight excluding hydrogens is 256 g/mol. The first-order valence-corrected chi connectivity index (χ1v) is 5.28. The fourth-order valence-electron chi connectivity index (χ4n) is 1.42. The number of benzene rings is 1. The Labute approximate surface area is 95.6 Å². The molecule has 1 aromatic carbocycles. The topological polar surface area (TPSA) is 42.0 Å². The Morgan fingerprint density at radius 2 is 2.20 bits per heavy atom. The molecule has 3 nitrogen and oxygen atoms in total. The van der Waals surface area contributed by atoms with E-state index in [9.17, 15) is 4.79 Å². The molecule has 1 aromatic heterocycles. The van der Waals surface area contributed by atoms with Gasteiger partial charge in [-0.15, -0.1) is 0 Å². The van der Waals surface area contributed by atoms with E-state index < -0.39 is 0 Å². The van der Waals surface area contributed by atoms with Gasteiger partial charge in [0, 0.05) is 23.0 Å². The minimum atomic E-state index is -0.103. The van der Waals surface area contributed by atoms with Crippen molar-refractivity contribution in [1.82, 2.24) is 4.98 Å². The number of rotatable bonds is 1. The number of hydrogen-bond donors (Lipinski definition) is 1. The van der Waals surface area contributed by atoms with Crippen molar-refractivity contribution in [3.63, 3.8) is 0 Å². The number of nitrogens with zero attached hydrogens (tertiary/aromatic N) is 1. The van der Waals surface area contributed by atoms with Gasteiger partial charge < -0.3 is 5.32 Å². The third-order valence-electron chi connectivity index (χ3n) is 2.02. The summed E-state index contributed by atoms with van der Waals surface area (Å²) >= 11 is 3.39. The van der Waals surface area contributed by atoms with Gasteiger partial charge in [0.1, 0.15) is 0 Å². The Balaban J connectivity index is 2.68. The number of halogens is 1. The molecule has 0 aliphatic rings. The molecule has 0 aliphatic carbocycles. The van der Waals surface area contributed by atoms with E-state index in [2.05, 4.69) is 26.2 Å². The van der Waals surface area contributed by atoms with Crippen LogP contribution in [0.1, 0.15) is 6.92 Å². The quantitative estimate of drug-likeness (QED) is 0.861. The molecule has 1 N–H and O–H groups in total. The Kier molecular flexibility index (Phi) is 2.68. The van der Waals surface area contributed by atoms with E-state index in [0.29, 0.717) is 0 Å². The highest BCUT2D eigenvalue weighted by Gasteiger charge is 2.07. The van der Waals surface area contributed by atoms with Crippen molar-refractivity contribution in [2.24, 2.45) is 0 Å². The van der Waals surface area contributed by atoms with Crippen molar-refractivity contribution >= 4 is 38.4 Å². The molecule has 0 spiro atoms. The summed E-state index contributed by atoms with van der Waals surface area (Å²) in [5, 5.41) is 3.77. The summed E-state index contributed by atoms with van der Waals surface area (Å²) in [6.45, 7) is 1.48. The van der Waals surface area contributed by atoms with Crippen LogP contribution in [-0.4, -0.2) is 10.9 Å². The second-order valence-electron chi connectivity index (χ2n) is 3.18. The first-order chi connectivity index (χ1) is 7.18. The summed E-state index contributed by atoms with van der Waals surface area (Å²) in [6.07, 6.45) is 1.71. The van der Waals surface area contributed by atoms with E-state index >= 15 is 0 Å². The van der Waals surface area contributed by atoms with Gasteiger partial charge in [-0.3, -0.25) is 9.78 Å². The predicted molar refractivity (Wildman–Crippen MR) is 63.7 cm³/mol. The van der Waals surface area contributed by atoms with Gasteiger partial charge in [0.05, 0.1) is 11.2 Å². The average Bonchev–Trinajstić information content (AvgIpc) is 2.22. The molecule has 76 valence electrons. The first kappa shape index (κ1) is 10.1. The predicted octanol–water partition coefficient (Wildman–Crippen LogP) is 2.96. The standard InChI is InChI=1S/C11H9BrN2O/c1-7(15)14-11-9(12)5-4-8-3-2-6-13-10(8)11/h2-6H,1H3,(H,14,15). The maximum Gasteiger partial charge on any atom is 0.221 e. The molecule has 15 heavy (non-hydrogen) atoms. The van der Waals surface area contributed by atoms with Gasteiger partial charge in [0.25, 0.3) is 0 Å². The van der Waals surface area contributed by atoms with Crippen molar-refractivity contribution in [3.8, 4) is 0 Å². The smallest absolute Gasteiger partial charge is 0.221 e. The zero-order chi connectivity index (χ0) is 10.8. The maximum atomic E-state index is 11.0. The van der Waals surface area contributed by atoms with E-state index in [1.165, 1.54) is 6.92 Å². The van der Waals surface area contributed by atoms with Gasteiger partial charge in [-0.2, -0.15) is 0 Å². The fourth-order valence-corrected chi connectivity index (χ4v) is 1.83. The molecule has 0 unspecified atom stereocenters. The van der Waals surface area contributed by atoms with Crippen molar-refractivity contribution in [1.29, 1.82) is 0 Å². The van der Waals surface area contributed by atoms with Crippen LogP contribution in [0.2, 0.25) is 0 Å².